The van der Waals surface area contributed by atoms with Gasteiger partial charge in [-0.1, -0.05) is 6.07 Å². The van der Waals surface area contributed by atoms with E-state index >= 15 is 0 Å². The average molecular weight is 233 g/mol. The van der Waals surface area contributed by atoms with Gasteiger partial charge >= 0.3 is 0 Å². The molecule has 1 amide bonds. The third-order valence-electron chi connectivity index (χ3n) is 2.60. The van der Waals surface area contributed by atoms with Crippen LogP contribution in [0.25, 0.3) is 5.65 Å². The highest BCUT2D eigenvalue weighted by Crippen LogP contribution is 2.14. The lowest BCUT2D eigenvalue weighted by molar-refractivity contribution is -0.125. The van der Waals surface area contributed by atoms with Gasteiger partial charge in [0.05, 0.1) is 5.41 Å². The second-order valence-corrected chi connectivity index (χ2v) is 4.54. The molecule has 0 aliphatic rings. The van der Waals surface area contributed by atoms with Crippen molar-refractivity contribution in [1.29, 1.82) is 0 Å². The number of nitrogens with two attached hydrogens (primary N) is 1. The summed E-state index contributed by atoms with van der Waals surface area (Å²) in [5.74, 6) is 0.138. The fourth-order valence-electron chi connectivity index (χ4n) is 1.29. The van der Waals surface area contributed by atoms with Gasteiger partial charge < -0.3 is 11.1 Å². The van der Waals surface area contributed by atoms with Crippen molar-refractivity contribution >= 4 is 17.5 Å². The number of nitrogens with zero attached hydrogens (tertiary/aromatic N) is 3. The number of hydrogen-bond donors (Lipinski definition) is 2. The van der Waals surface area contributed by atoms with Gasteiger partial charge in [-0.15, -0.1) is 5.10 Å². The molecule has 0 saturated heterocycles. The first-order valence-electron chi connectivity index (χ1n) is 5.34. The van der Waals surface area contributed by atoms with Crippen LogP contribution in [0.15, 0.2) is 24.4 Å². The maximum Gasteiger partial charge on any atom is 0.243 e. The molecule has 0 aliphatic heterocycles. The molecular formula is C11H15N5O. The van der Waals surface area contributed by atoms with Crippen molar-refractivity contribution in [3.05, 3.63) is 24.4 Å². The number of rotatable bonds is 4. The standard InChI is InChI=1S/C11H15N5O/c1-11(2,9(12)17)7-13-10-14-8-5-3-4-6-16(8)15-10/h3-6H,7H2,1-2H3,(H2,12,17)(H,13,15). The molecule has 0 saturated carbocycles. The number of hydrogen-bond acceptors (Lipinski definition) is 4. The minimum atomic E-state index is -0.627. The van der Waals surface area contributed by atoms with E-state index in [1.54, 1.807) is 18.4 Å². The van der Waals surface area contributed by atoms with Gasteiger partial charge in [-0.3, -0.25) is 4.79 Å². The van der Waals surface area contributed by atoms with E-state index in [2.05, 4.69) is 15.4 Å². The molecule has 0 aromatic carbocycles. The normalized spacial score (nSPS) is 11.6. The SMILES string of the molecule is CC(C)(CNc1nc2ccccn2n1)C(N)=O. The lowest BCUT2D eigenvalue weighted by Crippen LogP contribution is -2.37. The zero-order valence-corrected chi connectivity index (χ0v) is 9.84. The molecule has 6 heteroatoms. The Hall–Kier alpha value is -2.11. The van der Waals surface area contributed by atoms with Crippen LogP contribution in [0.1, 0.15) is 13.8 Å². The van der Waals surface area contributed by atoms with Crippen LogP contribution in [0, 0.1) is 5.41 Å². The molecule has 0 radical (unpaired) electrons. The van der Waals surface area contributed by atoms with Crippen LogP contribution in [0.4, 0.5) is 5.95 Å². The summed E-state index contributed by atoms with van der Waals surface area (Å²) < 4.78 is 1.67. The van der Waals surface area contributed by atoms with Gasteiger partial charge in [0.25, 0.3) is 0 Å². The van der Waals surface area contributed by atoms with Crippen molar-refractivity contribution < 1.29 is 4.79 Å². The highest BCUT2D eigenvalue weighted by molar-refractivity contribution is 5.80. The summed E-state index contributed by atoms with van der Waals surface area (Å²) in [6.45, 7) is 3.95. The molecule has 0 bridgehead atoms. The zero-order chi connectivity index (χ0) is 12.5. The molecule has 0 aliphatic carbocycles. The number of nitrogens with one attached hydrogen (secondary N) is 1. The van der Waals surface area contributed by atoms with Gasteiger partial charge in [0.2, 0.25) is 11.9 Å². The van der Waals surface area contributed by atoms with Crippen LogP contribution in [-0.2, 0) is 4.79 Å². The van der Waals surface area contributed by atoms with Crippen LogP contribution in [0.2, 0.25) is 0 Å². The maximum absolute atomic E-state index is 11.2. The van der Waals surface area contributed by atoms with Gasteiger partial charge in [0, 0.05) is 12.7 Å². The summed E-state index contributed by atoms with van der Waals surface area (Å²) in [4.78, 5) is 15.4. The lowest BCUT2D eigenvalue weighted by atomic mass is 9.93. The average Bonchev–Trinajstić information content (AvgIpc) is 2.69. The number of fused-ring (bicyclic) bond motifs is 1. The van der Waals surface area contributed by atoms with E-state index < -0.39 is 5.41 Å². The van der Waals surface area contributed by atoms with Crippen molar-refractivity contribution in [2.45, 2.75) is 13.8 Å². The lowest BCUT2D eigenvalue weighted by Gasteiger charge is -2.19. The summed E-state index contributed by atoms with van der Waals surface area (Å²) in [6.07, 6.45) is 1.81. The van der Waals surface area contributed by atoms with Gasteiger partial charge in [-0.2, -0.15) is 4.98 Å². The molecule has 0 atom stereocenters. The molecule has 2 heterocycles. The molecule has 2 rings (SSSR count). The molecule has 2 aromatic rings. The number of pyridine rings is 1. The van der Waals surface area contributed by atoms with E-state index in [4.69, 9.17) is 5.73 Å². The topological polar surface area (TPSA) is 85.3 Å². The highest BCUT2D eigenvalue weighted by atomic mass is 16.1. The number of carbonyl (C=O) groups excluding carboxylic acids is 1. The summed E-state index contributed by atoms with van der Waals surface area (Å²) in [7, 11) is 0. The molecular weight excluding hydrogens is 218 g/mol. The van der Waals surface area contributed by atoms with Crippen LogP contribution in [0.5, 0.6) is 0 Å². The number of carbonyl (C=O) groups is 1. The van der Waals surface area contributed by atoms with Crippen LogP contribution >= 0.6 is 0 Å². The van der Waals surface area contributed by atoms with E-state index in [0.29, 0.717) is 12.5 Å². The number of anilines is 1. The van der Waals surface area contributed by atoms with Crippen molar-refractivity contribution in [1.82, 2.24) is 14.6 Å². The quantitative estimate of drug-likeness (QED) is 0.812. The molecule has 0 fully saturated rings. The Balaban J connectivity index is 2.12. The predicted molar refractivity (Wildman–Crippen MR) is 64.5 cm³/mol. The second-order valence-electron chi connectivity index (χ2n) is 4.54. The monoisotopic (exact) mass is 233 g/mol. The third kappa shape index (κ3) is 2.35. The second kappa shape index (κ2) is 4.04. The first-order valence-corrected chi connectivity index (χ1v) is 5.34. The van der Waals surface area contributed by atoms with E-state index in [9.17, 15) is 4.79 Å². The van der Waals surface area contributed by atoms with Crippen LogP contribution in [-0.4, -0.2) is 27.0 Å². The fraction of sp³-hybridized carbons (Fsp3) is 0.364. The molecule has 6 nitrogen and oxygen atoms in total. The van der Waals surface area contributed by atoms with Crippen LogP contribution < -0.4 is 11.1 Å². The smallest absolute Gasteiger partial charge is 0.243 e. The van der Waals surface area contributed by atoms with Crippen molar-refractivity contribution in [3.8, 4) is 0 Å². The fourth-order valence-corrected chi connectivity index (χ4v) is 1.29. The largest absolute Gasteiger partial charge is 0.369 e. The van der Waals surface area contributed by atoms with Gasteiger partial charge in [0.15, 0.2) is 5.65 Å². The molecule has 90 valence electrons. The van der Waals surface area contributed by atoms with Gasteiger partial charge in [-0.25, -0.2) is 4.52 Å². The minimum absolute atomic E-state index is 0.353. The summed E-state index contributed by atoms with van der Waals surface area (Å²) in [6, 6.07) is 5.62. The van der Waals surface area contributed by atoms with Crippen molar-refractivity contribution in [2.24, 2.45) is 11.1 Å². The van der Waals surface area contributed by atoms with E-state index in [1.165, 1.54) is 0 Å². The van der Waals surface area contributed by atoms with E-state index in [1.807, 2.05) is 24.4 Å². The van der Waals surface area contributed by atoms with Crippen LogP contribution in [0.3, 0.4) is 0 Å². The Morgan fingerprint density at radius 3 is 2.94 bits per heavy atom. The van der Waals surface area contributed by atoms with Gasteiger partial charge in [-0.05, 0) is 26.0 Å². The zero-order valence-electron chi connectivity index (χ0n) is 9.84. The van der Waals surface area contributed by atoms with E-state index in [-0.39, 0.29) is 5.91 Å². The Kier molecular flexibility index (Phi) is 2.71. The first kappa shape index (κ1) is 11.4. The van der Waals surface area contributed by atoms with Gasteiger partial charge in [0.1, 0.15) is 0 Å². The molecule has 3 N–H and O–H groups in total. The molecule has 2 aromatic heterocycles. The molecule has 0 unspecified atom stereocenters. The summed E-state index contributed by atoms with van der Waals surface area (Å²) in [5.41, 5.74) is 5.41. The first-order chi connectivity index (χ1) is 7.99. The van der Waals surface area contributed by atoms with E-state index in [0.717, 1.165) is 5.65 Å². The summed E-state index contributed by atoms with van der Waals surface area (Å²) in [5, 5.41) is 7.23. The molecule has 17 heavy (non-hydrogen) atoms. The Morgan fingerprint density at radius 1 is 1.53 bits per heavy atom. The number of primary amides is 1. The number of aromatic nitrogens is 3. The maximum atomic E-state index is 11.2. The minimum Gasteiger partial charge on any atom is -0.369 e. The number of amides is 1. The highest BCUT2D eigenvalue weighted by Gasteiger charge is 2.25. The predicted octanol–water partition coefficient (Wildman–Crippen LogP) is 0.653. The van der Waals surface area contributed by atoms with Crippen molar-refractivity contribution in [3.63, 3.8) is 0 Å². The van der Waals surface area contributed by atoms with Crippen molar-refractivity contribution in [2.75, 3.05) is 11.9 Å². The Morgan fingerprint density at radius 2 is 2.29 bits per heavy atom. The molecule has 0 spiro atoms. The Bertz CT molecular complexity index is 513. The Labute approximate surface area is 98.8 Å². The third-order valence-corrected chi connectivity index (χ3v) is 2.60. The summed E-state index contributed by atoms with van der Waals surface area (Å²) >= 11 is 0.